The topological polar surface area (TPSA) is 29.9 Å². The fourth-order valence-electron chi connectivity index (χ4n) is 2.37. The van der Waals surface area contributed by atoms with Crippen LogP contribution in [0.3, 0.4) is 0 Å². The molecular weight excluding hydrogens is 357 g/mol. The Bertz CT molecular complexity index is 642. The molecule has 0 amide bonds. The Morgan fingerprint density at radius 1 is 1.48 bits per heavy atom. The number of nitrogens with zero attached hydrogens (tertiary/aromatic N) is 2. The van der Waals surface area contributed by atoms with Crippen molar-refractivity contribution in [3.8, 4) is 0 Å². The molecule has 2 rings (SSSR count). The van der Waals surface area contributed by atoms with E-state index >= 15 is 0 Å². The summed E-state index contributed by atoms with van der Waals surface area (Å²) in [6, 6.07) is 5.09. The summed E-state index contributed by atoms with van der Waals surface area (Å²) < 4.78 is 15.8. The molecule has 2 aromatic rings. The molecule has 0 spiro atoms. The molecule has 6 heteroatoms. The zero-order chi connectivity index (χ0) is 15.6. The van der Waals surface area contributed by atoms with Crippen LogP contribution < -0.4 is 5.32 Å². The van der Waals surface area contributed by atoms with Gasteiger partial charge in [0.15, 0.2) is 0 Å². The highest BCUT2D eigenvalue weighted by Gasteiger charge is 2.19. The maximum Gasteiger partial charge on any atom is 0.137 e. The lowest BCUT2D eigenvalue weighted by Gasteiger charge is -2.18. The van der Waals surface area contributed by atoms with Crippen molar-refractivity contribution in [2.24, 2.45) is 0 Å². The number of likely N-dealkylation sites (N-methyl/N-ethyl adjacent to an activating group) is 1. The number of hydrogen-bond donors (Lipinski definition) is 1. The van der Waals surface area contributed by atoms with E-state index in [2.05, 4.69) is 26.3 Å². The smallest absolute Gasteiger partial charge is 0.137 e. The minimum absolute atomic E-state index is 0.0424. The molecule has 1 heterocycles. The highest BCUT2D eigenvalue weighted by molar-refractivity contribution is 9.10. The van der Waals surface area contributed by atoms with Gasteiger partial charge in [0.25, 0.3) is 0 Å². The van der Waals surface area contributed by atoms with Crippen LogP contribution in [-0.4, -0.2) is 16.8 Å². The van der Waals surface area contributed by atoms with E-state index in [9.17, 15) is 4.39 Å². The van der Waals surface area contributed by atoms with Crippen LogP contribution in [0.2, 0.25) is 5.02 Å². The van der Waals surface area contributed by atoms with Crippen LogP contribution in [0.4, 0.5) is 4.39 Å². The Kier molecular flexibility index (Phi) is 5.41. The summed E-state index contributed by atoms with van der Waals surface area (Å²) in [5.74, 6) is -0.263. The minimum Gasteiger partial charge on any atom is -0.313 e. The SMILES string of the molecule is CCn1nc(C)c(Cl)c1CC(NC)c1ccc(F)c(Br)c1. The van der Waals surface area contributed by atoms with Crippen LogP contribution in [-0.2, 0) is 13.0 Å². The molecule has 21 heavy (non-hydrogen) atoms. The van der Waals surface area contributed by atoms with E-state index in [-0.39, 0.29) is 11.9 Å². The van der Waals surface area contributed by atoms with Crippen LogP contribution in [0.1, 0.15) is 29.9 Å². The number of hydrogen-bond acceptors (Lipinski definition) is 2. The molecule has 0 aliphatic carbocycles. The van der Waals surface area contributed by atoms with Crippen molar-refractivity contribution in [3.05, 3.63) is 50.5 Å². The van der Waals surface area contributed by atoms with Crippen LogP contribution in [0, 0.1) is 12.7 Å². The van der Waals surface area contributed by atoms with Gasteiger partial charge in [-0.1, -0.05) is 17.7 Å². The van der Waals surface area contributed by atoms with Crippen molar-refractivity contribution >= 4 is 27.5 Å². The predicted octanol–water partition coefficient (Wildman–Crippen LogP) is 4.27. The maximum atomic E-state index is 13.4. The summed E-state index contributed by atoms with van der Waals surface area (Å²) in [5.41, 5.74) is 2.84. The van der Waals surface area contributed by atoms with Crippen molar-refractivity contribution < 1.29 is 4.39 Å². The summed E-state index contributed by atoms with van der Waals surface area (Å²) in [6.07, 6.45) is 0.697. The Morgan fingerprint density at radius 2 is 2.19 bits per heavy atom. The molecule has 1 atom stereocenters. The molecule has 0 radical (unpaired) electrons. The third-order valence-electron chi connectivity index (χ3n) is 3.54. The molecule has 0 fully saturated rings. The average Bonchev–Trinajstić information content (AvgIpc) is 2.75. The summed E-state index contributed by atoms with van der Waals surface area (Å²) in [5, 5.41) is 8.39. The molecular formula is C15H18BrClFN3. The van der Waals surface area contributed by atoms with E-state index in [0.717, 1.165) is 23.5 Å². The third kappa shape index (κ3) is 3.47. The molecule has 0 aliphatic rings. The second-order valence-electron chi connectivity index (χ2n) is 4.88. The van der Waals surface area contributed by atoms with E-state index < -0.39 is 0 Å². The standard InChI is InChI=1S/C15H18BrClFN3/c1-4-21-14(15(17)9(2)20-21)8-13(19-3)10-5-6-12(18)11(16)7-10/h5-7,13,19H,4,8H2,1-3H3. The lowest BCUT2D eigenvalue weighted by molar-refractivity contribution is 0.539. The third-order valence-corrected chi connectivity index (χ3v) is 4.64. The van der Waals surface area contributed by atoms with Crippen molar-refractivity contribution in [1.29, 1.82) is 0 Å². The van der Waals surface area contributed by atoms with Crippen LogP contribution in [0.5, 0.6) is 0 Å². The van der Waals surface area contributed by atoms with Crippen molar-refractivity contribution in [2.75, 3.05) is 7.05 Å². The van der Waals surface area contributed by atoms with Gasteiger partial charge < -0.3 is 5.32 Å². The molecule has 0 saturated heterocycles. The lowest BCUT2D eigenvalue weighted by atomic mass is 10.0. The van der Waals surface area contributed by atoms with Gasteiger partial charge in [-0.2, -0.15) is 5.10 Å². The van der Waals surface area contributed by atoms with Crippen LogP contribution in [0.25, 0.3) is 0 Å². The van der Waals surface area contributed by atoms with Crippen molar-refractivity contribution in [3.63, 3.8) is 0 Å². The number of rotatable bonds is 5. The fourth-order valence-corrected chi connectivity index (χ4v) is 2.98. The van der Waals surface area contributed by atoms with Gasteiger partial charge in [0.2, 0.25) is 0 Å². The van der Waals surface area contributed by atoms with Gasteiger partial charge in [-0.05, 0) is 54.5 Å². The fraction of sp³-hybridized carbons (Fsp3) is 0.400. The van der Waals surface area contributed by atoms with Gasteiger partial charge in [-0.3, -0.25) is 4.68 Å². The Balaban J connectivity index is 2.33. The quantitative estimate of drug-likeness (QED) is 0.847. The highest BCUT2D eigenvalue weighted by atomic mass is 79.9. The van der Waals surface area contributed by atoms with E-state index in [1.54, 1.807) is 12.1 Å². The maximum absolute atomic E-state index is 13.4. The van der Waals surface area contributed by atoms with Crippen LogP contribution >= 0.6 is 27.5 Å². The zero-order valence-electron chi connectivity index (χ0n) is 12.3. The summed E-state index contributed by atoms with van der Waals surface area (Å²) >= 11 is 9.59. The average molecular weight is 375 g/mol. The molecule has 1 N–H and O–H groups in total. The first-order valence-electron chi connectivity index (χ1n) is 6.81. The first-order chi connectivity index (χ1) is 9.97. The molecule has 0 bridgehead atoms. The summed E-state index contributed by atoms with van der Waals surface area (Å²) in [4.78, 5) is 0. The van der Waals surface area contributed by atoms with Gasteiger partial charge in [-0.25, -0.2) is 4.39 Å². The molecule has 0 aliphatic heterocycles. The van der Waals surface area contributed by atoms with Gasteiger partial charge >= 0.3 is 0 Å². The first kappa shape index (κ1) is 16.5. The predicted molar refractivity (Wildman–Crippen MR) is 87.3 cm³/mol. The Hall–Kier alpha value is -0.910. The molecule has 0 saturated carbocycles. The van der Waals surface area contributed by atoms with E-state index in [1.807, 2.05) is 25.6 Å². The second-order valence-corrected chi connectivity index (χ2v) is 6.11. The Morgan fingerprint density at radius 3 is 2.76 bits per heavy atom. The molecule has 1 aromatic heterocycles. The number of nitrogens with one attached hydrogen (secondary N) is 1. The monoisotopic (exact) mass is 373 g/mol. The van der Waals surface area contributed by atoms with E-state index in [1.165, 1.54) is 6.07 Å². The summed E-state index contributed by atoms with van der Waals surface area (Å²) in [7, 11) is 1.88. The first-order valence-corrected chi connectivity index (χ1v) is 7.99. The Labute approximate surface area is 137 Å². The van der Waals surface area contributed by atoms with Gasteiger partial charge in [-0.15, -0.1) is 0 Å². The van der Waals surface area contributed by atoms with E-state index in [4.69, 9.17) is 11.6 Å². The number of benzene rings is 1. The van der Waals surface area contributed by atoms with Gasteiger partial charge in [0, 0.05) is 19.0 Å². The van der Waals surface area contributed by atoms with E-state index in [0.29, 0.717) is 15.9 Å². The largest absolute Gasteiger partial charge is 0.313 e. The second kappa shape index (κ2) is 6.90. The number of aryl methyl sites for hydroxylation is 2. The van der Waals surface area contributed by atoms with Gasteiger partial charge in [0.1, 0.15) is 5.82 Å². The normalized spacial score (nSPS) is 12.7. The number of aromatic nitrogens is 2. The zero-order valence-corrected chi connectivity index (χ0v) is 14.6. The van der Waals surface area contributed by atoms with Crippen LogP contribution in [0.15, 0.2) is 22.7 Å². The minimum atomic E-state index is -0.263. The van der Waals surface area contributed by atoms with Crippen molar-refractivity contribution in [1.82, 2.24) is 15.1 Å². The molecule has 1 unspecified atom stereocenters. The molecule has 1 aromatic carbocycles. The van der Waals surface area contributed by atoms with Crippen molar-refractivity contribution in [2.45, 2.75) is 32.9 Å². The highest BCUT2D eigenvalue weighted by Crippen LogP contribution is 2.28. The van der Waals surface area contributed by atoms with Gasteiger partial charge in [0.05, 0.1) is 20.9 Å². The lowest BCUT2D eigenvalue weighted by Crippen LogP contribution is -2.20. The molecule has 3 nitrogen and oxygen atoms in total. The summed E-state index contributed by atoms with van der Waals surface area (Å²) in [6.45, 7) is 4.71. The number of halogens is 3. The molecule has 114 valence electrons.